The molecule has 1 aliphatic heterocycles. The van der Waals surface area contributed by atoms with E-state index in [1.54, 1.807) is 0 Å². The Kier molecular flexibility index (Phi) is 7.85. The molecule has 1 aliphatic rings. The molecule has 0 saturated heterocycles. The number of anilines is 1. The number of aliphatic carboxylic acids is 1. The van der Waals surface area contributed by atoms with Crippen molar-refractivity contribution in [2.45, 2.75) is 44.7 Å². The highest BCUT2D eigenvalue weighted by molar-refractivity contribution is 5.76. The van der Waals surface area contributed by atoms with E-state index in [0.29, 0.717) is 19.6 Å². The number of nitrogens with one attached hydrogen (secondary N) is 1. The smallest absolute Gasteiger partial charge is 0.323 e. The zero-order valence-corrected chi connectivity index (χ0v) is 17.4. The van der Waals surface area contributed by atoms with E-state index in [1.165, 1.54) is 5.56 Å². The number of carboxylic acids is 1. The summed E-state index contributed by atoms with van der Waals surface area (Å²) in [6, 6.07) is 17.6. The van der Waals surface area contributed by atoms with Crippen LogP contribution in [0.3, 0.4) is 0 Å². The van der Waals surface area contributed by atoms with E-state index in [0.717, 1.165) is 30.5 Å². The lowest BCUT2D eigenvalue weighted by atomic mass is 10.0. The summed E-state index contributed by atoms with van der Waals surface area (Å²) in [5.41, 5.74) is 3.27. The largest absolute Gasteiger partial charge is 0.480 e. The number of carboxylic acid groups (broad SMARTS) is 1. The lowest BCUT2D eigenvalue weighted by Gasteiger charge is -2.29. The van der Waals surface area contributed by atoms with E-state index in [1.807, 2.05) is 54.3 Å². The molecule has 6 heteroatoms. The molecule has 0 aromatic heterocycles. The number of hydrogen-bond acceptors (Lipinski definition) is 5. The molecule has 2 atom stereocenters. The van der Waals surface area contributed by atoms with Crippen molar-refractivity contribution < 1.29 is 19.4 Å². The van der Waals surface area contributed by atoms with Crippen LogP contribution in [0.5, 0.6) is 0 Å². The Morgan fingerprint density at radius 3 is 2.63 bits per heavy atom. The first-order chi connectivity index (χ1) is 14.6. The van der Waals surface area contributed by atoms with Gasteiger partial charge in [0.05, 0.1) is 6.61 Å². The lowest BCUT2D eigenvalue weighted by molar-refractivity contribution is -0.146. The predicted molar refractivity (Wildman–Crippen MR) is 117 cm³/mol. The molecular formula is C24H30N2O4. The topological polar surface area (TPSA) is 78.9 Å². The molecule has 0 unspecified atom stereocenters. The lowest BCUT2D eigenvalue weighted by Crippen LogP contribution is -2.49. The molecule has 0 bridgehead atoms. The SMILES string of the molecule is CCOC(=O)[C@H](CCc1ccccc1)N[C@H]1CCc2ccccc2N(CC(=O)O)C1. The molecule has 0 fully saturated rings. The van der Waals surface area contributed by atoms with Crippen LogP contribution in [0.4, 0.5) is 5.69 Å². The number of carbonyl (C=O) groups excluding carboxylic acids is 1. The van der Waals surface area contributed by atoms with E-state index >= 15 is 0 Å². The quantitative estimate of drug-likeness (QED) is 0.619. The Bertz CT molecular complexity index is 840. The zero-order valence-electron chi connectivity index (χ0n) is 17.4. The first-order valence-corrected chi connectivity index (χ1v) is 10.6. The minimum absolute atomic E-state index is 0.0121. The number of carbonyl (C=O) groups is 2. The van der Waals surface area contributed by atoms with Crippen LogP contribution in [0, 0.1) is 0 Å². The molecule has 3 rings (SSSR count). The number of esters is 1. The summed E-state index contributed by atoms with van der Waals surface area (Å²) in [6.45, 7) is 2.61. The fraction of sp³-hybridized carbons (Fsp3) is 0.417. The number of nitrogens with zero attached hydrogens (tertiary/aromatic N) is 1. The van der Waals surface area contributed by atoms with E-state index in [4.69, 9.17) is 4.74 Å². The van der Waals surface area contributed by atoms with Crippen molar-refractivity contribution in [3.63, 3.8) is 0 Å². The second kappa shape index (κ2) is 10.8. The Morgan fingerprint density at radius 1 is 1.17 bits per heavy atom. The Balaban J connectivity index is 1.72. The van der Waals surface area contributed by atoms with Crippen LogP contribution in [0.25, 0.3) is 0 Å². The fourth-order valence-electron chi connectivity index (χ4n) is 4.02. The molecule has 0 spiro atoms. The summed E-state index contributed by atoms with van der Waals surface area (Å²) >= 11 is 0. The van der Waals surface area contributed by atoms with Gasteiger partial charge in [0, 0.05) is 18.3 Å². The van der Waals surface area contributed by atoms with Gasteiger partial charge in [-0.1, -0.05) is 48.5 Å². The van der Waals surface area contributed by atoms with Gasteiger partial charge < -0.3 is 14.7 Å². The molecule has 160 valence electrons. The van der Waals surface area contributed by atoms with Gasteiger partial charge >= 0.3 is 11.9 Å². The van der Waals surface area contributed by atoms with Crippen molar-refractivity contribution in [3.05, 3.63) is 65.7 Å². The van der Waals surface area contributed by atoms with Crippen LogP contribution >= 0.6 is 0 Å². The van der Waals surface area contributed by atoms with E-state index in [9.17, 15) is 14.7 Å². The van der Waals surface area contributed by atoms with Crippen LogP contribution in [-0.4, -0.2) is 48.8 Å². The molecule has 2 aromatic rings. The average molecular weight is 411 g/mol. The van der Waals surface area contributed by atoms with E-state index in [2.05, 4.69) is 17.4 Å². The second-order valence-electron chi connectivity index (χ2n) is 7.63. The monoisotopic (exact) mass is 410 g/mol. The third kappa shape index (κ3) is 6.07. The Hall–Kier alpha value is -2.86. The highest BCUT2D eigenvalue weighted by Gasteiger charge is 2.28. The number of rotatable bonds is 9. The van der Waals surface area contributed by atoms with Gasteiger partial charge in [-0.2, -0.15) is 0 Å². The molecule has 2 aromatic carbocycles. The van der Waals surface area contributed by atoms with Gasteiger partial charge in [0.2, 0.25) is 0 Å². The number of benzene rings is 2. The molecule has 0 radical (unpaired) electrons. The van der Waals surface area contributed by atoms with Gasteiger partial charge in [-0.3, -0.25) is 14.9 Å². The number of fused-ring (bicyclic) bond motifs is 1. The van der Waals surface area contributed by atoms with Crippen molar-refractivity contribution in [1.82, 2.24) is 5.32 Å². The van der Waals surface area contributed by atoms with Crippen LogP contribution in [-0.2, 0) is 27.2 Å². The van der Waals surface area contributed by atoms with Gasteiger partial charge in [0.25, 0.3) is 0 Å². The normalized spacial score (nSPS) is 17.0. The first-order valence-electron chi connectivity index (χ1n) is 10.6. The van der Waals surface area contributed by atoms with Crippen molar-refractivity contribution >= 4 is 17.6 Å². The maximum atomic E-state index is 12.6. The summed E-state index contributed by atoms with van der Waals surface area (Å²) in [4.78, 5) is 25.9. The van der Waals surface area contributed by atoms with E-state index < -0.39 is 12.0 Å². The molecule has 2 N–H and O–H groups in total. The van der Waals surface area contributed by atoms with Crippen molar-refractivity contribution in [3.8, 4) is 0 Å². The molecular weight excluding hydrogens is 380 g/mol. The molecule has 30 heavy (non-hydrogen) atoms. The van der Waals surface area contributed by atoms with Crippen LogP contribution < -0.4 is 10.2 Å². The van der Waals surface area contributed by atoms with Crippen molar-refractivity contribution in [1.29, 1.82) is 0 Å². The van der Waals surface area contributed by atoms with Gasteiger partial charge in [0.15, 0.2) is 0 Å². The van der Waals surface area contributed by atoms with Gasteiger partial charge in [-0.15, -0.1) is 0 Å². The van der Waals surface area contributed by atoms with Crippen LogP contribution in [0.1, 0.15) is 30.9 Å². The van der Waals surface area contributed by atoms with Gasteiger partial charge in [-0.05, 0) is 49.8 Å². The fourth-order valence-corrected chi connectivity index (χ4v) is 4.02. The maximum Gasteiger partial charge on any atom is 0.323 e. The number of ether oxygens (including phenoxy) is 1. The summed E-state index contributed by atoms with van der Waals surface area (Å²) < 4.78 is 5.31. The number of para-hydroxylation sites is 1. The number of aryl methyl sites for hydroxylation is 2. The predicted octanol–water partition coefficient (Wildman–Crippen LogP) is 3.05. The molecule has 0 amide bonds. The van der Waals surface area contributed by atoms with Gasteiger partial charge in [0.1, 0.15) is 12.6 Å². The maximum absolute atomic E-state index is 12.6. The third-order valence-corrected chi connectivity index (χ3v) is 5.43. The van der Waals surface area contributed by atoms with Gasteiger partial charge in [-0.25, -0.2) is 0 Å². The summed E-state index contributed by atoms with van der Waals surface area (Å²) in [6.07, 6.45) is 3.06. The Morgan fingerprint density at radius 2 is 1.90 bits per heavy atom. The number of hydrogen-bond donors (Lipinski definition) is 2. The van der Waals surface area contributed by atoms with Crippen molar-refractivity contribution in [2.75, 3.05) is 24.6 Å². The highest BCUT2D eigenvalue weighted by Crippen LogP contribution is 2.26. The molecule has 1 heterocycles. The molecule has 6 nitrogen and oxygen atoms in total. The summed E-state index contributed by atoms with van der Waals surface area (Å²) in [5.74, 6) is -1.11. The molecule has 0 aliphatic carbocycles. The van der Waals surface area contributed by atoms with E-state index in [-0.39, 0.29) is 18.6 Å². The third-order valence-electron chi connectivity index (χ3n) is 5.43. The van der Waals surface area contributed by atoms with Crippen LogP contribution in [0.15, 0.2) is 54.6 Å². The summed E-state index contributed by atoms with van der Waals surface area (Å²) in [7, 11) is 0. The minimum Gasteiger partial charge on any atom is -0.480 e. The summed E-state index contributed by atoms with van der Waals surface area (Å²) in [5, 5.41) is 12.9. The highest BCUT2D eigenvalue weighted by atomic mass is 16.5. The Labute approximate surface area is 177 Å². The second-order valence-corrected chi connectivity index (χ2v) is 7.63. The van der Waals surface area contributed by atoms with Crippen LogP contribution in [0.2, 0.25) is 0 Å². The molecule has 0 saturated carbocycles. The zero-order chi connectivity index (χ0) is 21.3. The van der Waals surface area contributed by atoms with Crippen molar-refractivity contribution in [2.24, 2.45) is 0 Å². The standard InChI is InChI=1S/C24H30N2O4/c1-2-30-24(29)21(15-12-18-8-4-3-5-9-18)25-20-14-13-19-10-6-7-11-22(19)26(16-20)17-23(27)28/h3-11,20-21,25H,2,12-17H2,1H3,(H,27,28)/t20-,21-/m0/s1. The average Bonchev–Trinajstić information content (AvgIpc) is 2.91. The first kappa shape index (κ1) is 21.8. The minimum atomic E-state index is -0.864.